The van der Waals surface area contributed by atoms with Crippen LogP contribution in [-0.4, -0.2) is 5.11 Å². The number of aliphatic hydroxyl groups is 1. The fourth-order valence-electron chi connectivity index (χ4n) is 1.51. The molecule has 0 aliphatic rings. The summed E-state index contributed by atoms with van der Waals surface area (Å²) in [5.41, 5.74) is 0.380. The second kappa shape index (κ2) is 5.03. The Hall–Kier alpha value is -0.850. The van der Waals surface area contributed by atoms with Gasteiger partial charge in [-0.15, -0.1) is 11.3 Å². The van der Waals surface area contributed by atoms with Gasteiger partial charge in [-0.1, -0.05) is 12.1 Å². The van der Waals surface area contributed by atoms with E-state index in [0.717, 1.165) is 15.9 Å². The molecule has 1 heterocycles. The van der Waals surface area contributed by atoms with Crippen LogP contribution in [0.25, 0.3) is 0 Å². The lowest BCUT2D eigenvalue weighted by Gasteiger charge is -2.11. The van der Waals surface area contributed by atoms with E-state index in [2.05, 4.69) is 15.9 Å². The fraction of sp³-hybridized carbons (Fsp3) is 0.167. The Labute approximate surface area is 114 Å². The molecule has 0 aliphatic heterocycles. The van der Waals surface area contributed by atoms with E-state index in [9.17, 15) is 18.3 Å². The number of hydrogen-bond donors (Lipinski definition) is 1. The predicted molar refractivity (Wildman–Crippen MR) is 67.5 cm³/mol. The summed E-state index contributed by atoms with van der Waals surface area (Å²) < 4.78 is 38.0. The first kappa shape index (κ1) is 13.6. The first-order chi connectivity index (χ1) is 8.38. The quantitative estimate of drug-likeness (QED) is 0.848. The van der Waals surface area contributed by atoms with Gasteiger partial charge in [0, 0.05) is 0 Å². The Kier molecular flexibility index (Phi) is 3.79. The molecule has 1 aromatic heterocycles. The molecule has 0 aliphatic carbocycles. The SMILES string of the molecule is OC(c1ccc(C(F)(F)F)cc1)c1csc(Br)c1. The molecule has 0 spiro atoms. The Balaban J connectivity index is 2.24. The topological polar surface area (TPSA) is 20.2 Å². The number of benzene rings is 1. The highest BCUT2D eigenvalue weighted by atomic mass is 79.9. The molecule has 6 heteroatoms. The van der Waals surface area contributed by atoms with Crippen molar-refractivity contribution < 1.29 is 18.3 Å². The van der Waals surface area contributed by atoms with E-state index in [-0.39, 0.29) is 0 Å². The van der Waals surface area contributed by atoms with Gasteiger partial charge in [0.25, 0.3) is 0 Å². The first-order valence-corrected chi connectivity index (χ1v) is 6.64. The molecule has 0 radical (unpaired) electrons. The van der Waals surface area contributed by atoms with Crippen LogP contribution in [0.1, 0.15) is 22.8 Å². The summed E-state index contributed by atoms with van der Waals surface area (Å²) in [6, 6.07) is 6.27. The van der Waals surface area contributed by atoms with Crippen LogP contribution in [0.3, 0.4) is 0 Å². The van der Waals surface area contributed by atoms with Gasteiger partial charge in [0.1, 0.15) is 6.10 Å². The van der Waals surface area contributed by atoms with Gasteiger partial charge in [0.15, 0.2) is 0 Å². The van der Waals surface area contributed by atoms with Gasteiger partial charge in [0.2, 0.25) is 0 Å². The smallest absolute Gasteiger partial charge is 0.384 e. The lowest BCUT2D eigenvalue weighted by atomic mass is 10.0. The van der Waals surface area contributed by atoms with E-state index in [0.29, 0.717) is 11.1 Å². The van der Waals surface area contributed by atoms with E-state index in [1.807, 2.05) is 0 Å². The van der Waals surface area contributed by atoms with Gasteiger partial charge in [-0.05, 0) is 50.6 Å². The van der Waals surface area contributed by atoms with Crippen LogP contribution in [0.5, 0.6) is 0 Å². The Morgan fingerprint density at radius 2 is 1.72 bits per heavy atom. The molecule has 1 atom stereocenters. The van der Waals surface area contributed by atoms with Crippen molar-refractivity contribution in [2.45, 2.75) is 12.3 Å². The van der Waals surface area contributed by atoms with Gasteiger partial charge in [-0.2, -0.15) is 13.2 Å². The lowest BCUT2D eigenvalue weighted by molar-refractivity contribution is -0.137. The minimum atomic E-state index is -4.35. The highest BCUT2D eigenvalue weighted by Gasteiger charge is 2.30. The highest BCUT2D eigenvalue weighted by molar-refractivity contribution is 9.11. The second-order valence-corrected chi connectivity index (χ2v) is 6.00. The van der Waals surface area contributed by atoms with Gasteiger partial charge < -0.3 is 5.11 Å². The number of rotatable bonds is 2. The van der Waals surface area contributed by atoms with Crippen molar-refractivity contribution in [1.29, 1.82) is 0 Å². The Morgan fingerprint density at radius 3 is 2.17 bits per heavy atom. The summed E-state index contributed by atoms with van der Waals surface area (Å²) in [5, 5.41) is 11.8. The van der Waals surface area contributed by atoms with Crippen LogP contribution in [0.15, 0.2) is 39.5 Å². The second-order valence-electron chi connectivity index (χ2n) is 3.71. The average molecular weight is 337 g/mol. The van der Waals surface area contributed by atoms with Crippen LogP contribution in [-0.2, 0) is 6.18 Å². The predicted octanol–water partition coefficient (Wildman–Crippen LogP) is 4.61. The zero-order valence-corrected chi connectivity index (χ0v) is 11.3. The van der Waals surface area contributed by atoms with E-state index >= 15 is 0 Å². The maximum atomic E-state index is 12.4. The molecule has 1 N–H and O–H groups in total. The van der Waals surface area contributed by atoms with Crippen molar-refractivity contribution in [2.75, 3.05) is 0 Å². The van der Waals surface area contributed by atoms with Crippen molar-refractivity contribution in [1.82, 2.24) is 0 Å². The molecule has 0 saturated heterocycles. The normalized spacial score (nSPS) is 13.6. The Morgan fingerprint density at radius 1 is 1.11 bits per heavy atom. The summed E-state index contributed by atoms with van der Waals surface area (Å²) in [5.74, 6) is 0. The minimum Gasteiger partial charge on any atom is -0.384 e. The van der Waals surface area contributed by atoms with Gasteiger partial charge in [-0.25, -0.2) is 0 Å². The number of thiophene rings is 1. The largest absolute Gasteiger partial charge is 0.416 e. The molecule has 1 nitrogen and oxygen atoms in total. The third kappa shape index (κ3) is 2.93. The molecule has 0 amide bonds. The molecule has 0 bridgehead atoms. The summed E-state index contributed by atoms with van der Waals surface area (Å²) in [6.07, 6.45) is -5.26. The van der Waals surface area contributed by atoms with Crippen LogP contribution >= 0.6 is 27.3 Å². The van der Waals surface area contributed by atoms with Crippen LogP contribution < -0.4 is 0 Å². The molecule has 2 aromatic rings. The van der Waals surface area contributed by atoms with E-state index in [1.165, 1.54) is 23.5 Å². The van der Waals surface area contributed by atoms with E-state index < -0.39 is 17.8 Å². The molecule has 0 saturated carbocycles. The number of aliphatic hydroxyl groups excluding tert-OH is 1. The van der Waals surface area contributed by atoms with Crippen LogP contribution in [0, 0.1) is 0 Å². The first-order valence-electron chi connectivity index (χ1n) is 4.97. The standard InChI is InChI=1S/C12H8BrF3OS/c13-10-5-8(6-18-10)11(17)7-1-3-9(4-2-7)12(14,15)16/h1-6,11,17H. The third-order valence-corrected chi connectivity index (χ3v) is 3.98. The van der Waals surface area contributed by atoms with Crippen molar-refractivity contribution in [3.8, 4) is 0 Å². The van der Waals surface area contributed by atoms with Crippen molar-refractivity contribution in [3.05, 3.63) is 56.2 Å². The molecule has 96 valence electrons. The molecule has 1 unspecified atom stereocenters. The zero-order valence-electron chi connectivity index (χ0n) is 8.91. The molecule has 0 fully saturated rings. The molecular formula is C12H8BrF3OS. The summed E-state index contributed by atoms with van der Waals surface area (Å²) >= 11 is 4.68. The van der Waals surface area contributed by atoms with Gasteiger partial charge >= 0.3 is 6.18 Å². The maximum Gasteiger partial charge on any atom is 0.416 e. The Bertz CT molecular complexity index is 533. The van der Waals surface area contributed by atoms with Crippen LogP contribution in [0.2, 0.25) is 0 Å². The summed E-state index contributed by atoms with van der Waals surface area (Å²) in [6.45, 7) is 0. The molecule has 2 rings (SSSR count). The number of hydrogen-bond acceptors (Lipinski definition) is 2. The van der Waals surface area contributed by atoms with Crippen molar-refractivity contribution >= 4 is 27.3 Å². The molecule has 18 heavy (non-hydrogen) atoms. The summed E-state index contributed by atoms with van der Waals surface area (Å²) in [4.78, 5) is 0. The van der Waals surface area contributed by atoms with E-state index in [4.69, 9.17) is 0 Å². The third-order valence-electron chi connectivity index (χ3n) is 2.46. The molecule has 1 aromatic carbocycles. The fourth-order valence-corrected chi connectivity index (χ4v) is 2.71. The monoisotopic (exact) mass is 336 g/mol. The van der Waals surface area contributed by atoms with Crippen LogP contribution in [0.4, 0.5) is 13.2 Å². The lowest BCUT2D eigenvalue weighted by Crippen LogP contribution is -2.05. The van der Waals surface area contributed by atoms with Crippen molar-refractivity contribution in [2.24, 2.45) is 0 Å². The number of alkyl halides is 3. The van der Waals surface area contributed by atoms with Crippen molar-refractivity contribution in [3.63, 3.8) is 0 Å². The average Bonchev–Trinajstić information content (AvgIpc) is 2.74. The summed E-state index contributed by atoms with van der Waals surface area (Å²) in [7, 11) is 0. The van der Waals surface area contributed by atoms with E-state index in [1.54, 1.807) is 11.4 Å². The van der Waals surface area contributed by atoms with Gasteiger partial charge in [0.05, 0.1) is 9.35 Å². The highest BCUT2D eigenvalue weighted by Crippen LogP contribution is 2.32. The number of halogens is 4. The molecular weight excluding hydrogens is 329 g/mol. The maximum absolute atomic E-state index is 12.4. The minimum absolute atomic E-state index is 0.438. The zero-order chi connectivity index (χ0) is 13.3. The van der Waals surface area contributed by atoms with Gasteiger partial charge in [-0.3, -0.25) is 0 Å².